The van der Waals surface area contributed by atoms with Crippen molar-refractivity contribution in [2.45, 2.75) is 5.92 Å². The number of aromatic nitrogens is 1. The highest BCUT2D eigenvalue weighted by Gasteiger charge is 2.27. The molecule has 0 spiro atoms. The first kappa shape index (κ1) is 11.3. The van der Waals surface area contributed by atoms with Gasteiger partial charge >= 0.3 is 0 Å². The first-order chi connectivity index (χ1) is 6.53. The van der Waals surface area contributed by atoms with Crippen LogP contribution in [0.15, 0.2) is 22.9 Å². The van der Waals surface area contributed by atoms with Gasteiger partial charge in [0.1, 0.15) is 6.61 Å². The molecule has 0 aromatic carbocycles. The van der Waals surface area contributed by atoms with Gasteiger partial charge in [0.2, 0.25) is 0 Å². The molecule has 0 fully saturated rings. The summed E-state index contributed by atoms with van der Waals surface area (Å²) in [5.74, 6) is -3.11. The van der Waals surface area contributed by atoms with E-state index in [1.807, 2.05) is 0 Å². The van der Waals surface area contributed by atoms with Gasteiger partial charge in [-0.3, -0.25) is 4.98 Å². The summed E-state index contributed by atoms with van der Waals surface area (Å²) in [6.45, 7) is -1.77. The Morgan fingerprint density at radius 3 is 2.79 bits per heavy atom. The van der Waals surface area contributed by atoms with Crippen molar-refractivity contribution in [2.24, 2.45) is 0 Å². The maximum Gasteiger partial charge on any atom is 0.287 e. The average Bonchev–Trinajstić information content (AvgIpc) is 2.15. The molecule has 1 rings (SSSR count). The lowest BCUT2D eigenvalue weighted by atomic mass is 10.3. The molecule has 0 aliphatic heterocycles. The second-order valence-corrected chi connectivity index (χ2v) is 3.68. The number of nitrogens with zero attached hydrogens (tertiary/aromatic N) is 1. The molecule has 3 nitrogen and oxygen atoms in total. The summed E-state index contributed by atoms with van der Waals surface area (Å²) >= 11 is 3.16. The number of alkyl halides is 2. The third kappa shape index (κ3) is 3.55. The van der Waals surface area contributed by atoms with Crippen LogP contribution in [0.3, 0.4) is 0 Å². The van der Waals surface area contributed by atoms with Crippen LogP contribution in [0.4, 0.5) is 14.5 Å². The molecule has 1 heterocycles. The molecule has 0 unspecified atom stereocenters. The summed E-state index contributed by atoms with van der Waals surface area (Å²) in [7, 11) is 0. The van der Waals surface area contributed by atoms with Gasteiger partial charge in [-0.15, -0.1) is 0 Å². The normalized spacial score (nSPS) is 11.4. The number of pyridine rings is 1. The fourth-order valence-corrected chi connectivity index (χ4v) is 1.16. The summed E-state index contributed by atoms with van der Waals surface area (Å²) in [6.07, 6.45) is 2.98. The van der Waals surface area contributed by atoms with E-state index >= 15 is 0 Å². The quantitative estimate of drug-likeness (QED) is 0.875. The second-order valence-electron chi connectivity index (χ2n) is 2.76. The molecule has 0 aliphatic carbocycles. The Morgan fingerprint density at radius 1 is 1.50 bits per heavy atom. The van der Waals surface area contributed by atoms with E-state index in [0.717, 1.165) is 0 Å². The van der Waals surface area contributed by atoms with Crippen molar-refractivity contribution in [2.75, 3.05) is 18.5 Å². The number of anilines is 1. The maximum atomic E-state index is 12.6. The Morgan fingerprint density at radius 2 is 2.21 bits per heavy atom. The standard InChI is InChI=1S/C8H9BrF2N2O/c9-6-1-7(3-12-2-6)13-4-8(10,11)5-14/h1-3,13-14H,4-5H2. The minimum absolute atomic E-state index is 0.479. The highest BCUT2D eigenvalue weighted by atomic mass is 79.9. The Labute approximate surface area is 88.3 Å². The molecule has 0 bridgehead atoms. The lowest BCUT2D eigenvalue weighted by molar-refractivity contribution is -0.0372. The Balaban J connectivity index is 2.54. The van der Waals surface area contributed by atoms with Gasteiger partial charge in [-0.2, -0.15) is 0 Å². The Hall–Kier alpha value is -0.750. The molecule has 14 heavy (non-hydrogen) atoms. The Kier molecular flexibility index (Phi) is 3.77. The van der Waals surface area contributed by atoms with Crippen molar-refractivity contribution in [1.29, 1.82) is 0 Å². The SMILES string of the molecule is OCC(F)(F)CNc1cncc(Br)c1. The van der Waals surface area contributed by atoms with Crippen LogP contribution in [0, 0.1) is 0 Å². The molecule has 0 atom stereocenters. The number of nitrogens with one attached hydrogen (secondary N) is 1. The topological polar surface area (TPSA) is 45.1 Å². The van der Waals surface area contributed by atoms with E-state index in [0.29, 0.717) is 10.2 Å². The van der Waals surface area contributed by atoms with Crippen molar-refractivity contribution in [3.8, 4) is 0 Å². The molecule has 1 aromatic heterocycles. The molecule has 78 valence electrons. The van der Waals surface area contributed by atoms with Gasteiger partial charge in [-0.25, -0.2) is 8.78 Å². The molecular formula is C8H9BrF2N2O. The van der Waals surface area contributed by atoms with Crippen LogP contribution >= 0.6 is 15.9 Å². The Bertz CT molecular complexity index is 309. The van der Waals surface area contributed by atoms with Gasteiger partial charge in [0.25, 0.3) is 5.92 Å². The van der Waals surface area contributed by atoms with Crippen molar-refractivity contribution >= 4 is 21.6 Å². The highest BCUT2D eigenvalue weighted by Crippen LogP contribution is 2.17. The minimum atomic E-state index is -3.11. The number of halogens is 3. The predicted molar refractivity (Wildman–Crippen MR) is 52.5 cm³/mol. The number of rotatable bonds is 4. The third-order valence-corrected chi connectivity index (χ3v) is 1.92. The summed E-state index contributed by atoms with van der Waals surface area (Å²) in [5.41, 5.74) is 0.479. The molecule has 0 saturated carbocycles. The smallest absolute Gasteiger partial charge is 0.287 e. The number of hydrogen-bond donors (Lipinski definition) is 2. The molecule has 1 aromatic rings. The molecule has 6 heteroatoms. The van der Waals surface area contributed by atoms with Crippen molar-refractivity contribution < 1.29 is 13.9 Å². The monoisotopic (exact) mass is 266 g/mol. The first-order valence-electron chi connectivity index (χ1n) is 3.86. The zero-order chi connectivity index (χ0) is 10.6. The van der Waals surface area contributed by atoms with Gasteiger partial charge < -0.3 is 10.4 Å². The number of aliphatic hydroxyl groups excluding tert-OH is 1. The van der Waals surface area contributed by atoms with Gasteiger partial charge in [0.15, 0.2) is 0 Å². The van der Waals surface area contributed by atoms with Crippen molar-refractivity contribution in [1.82, 2.24) is 4.98 Å². The second kappa shape index (κ2) is 4.65. The van der Waals surface area contributed by atoms with Crippen LogP contribution < -0.4 is 5.32 Å². The molecule has 0 amide bonds. The van der Waals surface area contributed by atoms with Crippen LogP contribution in [0.25, 0.3) is 0 Å². The van der Waals surface area contributed by atoms with Crippen LogP contribution in [0.1, 0.15) is 0 Å². The summed E-state index contributed by atoms with van der Waals surface area (Å²) in [5, 5.41) is 10.8. The number of aliphatic hydroxyl groups is 1. The van der Waals surface area contributed by atoms with E-state index in [4.69, 9.17) is 5.11 Å². The summed E-state index contributed by atoms with van der Waals surface area (Å²) < 4.78 is 25.9. The van der Waals surface area contributed by atoms with Gasteiger partial charge in [-0.1, -0.05) is 0 Å². The van der Waals surface area contributed by atoms with Gasteiger partial charge in [0.05, 0.1) is 18.4 Å². The van der Waals surface area contributed by atoms with Gasteiger partial charge in [0, 0.05) is 10.7 Å². The van der Waals surface area contributed by atoms with E-state index in [9.17, 15) is 8.78 Å². The third-order valence-electron chi connectivity index (χ3n) is 1.49. The van der Waals surface area contributed by atoms with E-state index in [2.05, 4.69) is 26.2 Å². The molecule has 0 saturated heterocycles. The minimum Gasteiger partial charge on any atom is -0.390 e. The predicted octanol–water partition coefficient (Wildman–Crippen LogP) is 1.88. The van der Waals surface area contributed by atoms with Crippen molar-refractivity contribution in [3.63, 3.8) is 0 Å². The zero-order valence-electron chi connectivity index (χ0n) is 7.17. The maximum absolute atomic E-state index is 12.6. The fraction of sp³-hybridized carbons (Fsp3) is 0.375. The van der Waals surface area contributed by atoms with Crippen LogP contribution in [0.5, 0.6) is 0 Å². The molecule has 2 N–H and O–H groups in total. The van der Waals surface area contributed by atoms with Crippen LogP contribution in [0.2, 0.25) is 0 Å². The number of hydrogen-bond acceptors (Lipinski definition) is 3. The lowest BCUT2D eigenvalue weighted by Crippen LogP contribution is -2.31. The largest absolute Gasteiger partial charge is 0.390 e. The van der Waals surface area contributed by atoms with Crippen LogP contribution in [-0.2, 0) is 0 Å². The van der Waals surface area contributed by atoms with Gasteiger partial charge in [-0.05, 0) is 22.0 Å². The highest BCUT2D eigenvalue weighted by molar-refractivity contribution is 9.10. The van der Waals surface area contributed by atoms with E-state index in [-0.39, 0.29) is 0 Å². The van der Waals surface area contributed by atoms with Crippen molar-refractivity contribution in [3.05, 3.63) is 22.9 Å². The first-order valence-corrected chi connectivity index (χ1v) is 4.66. The molecule has 0 radical (unpaired) electrons. The zero-order valence-corrected chi connectivity index (χ0v) is 8.76. The van der Waals surface area contributed by atoms with E-state index < -0.39 is 19.1 Å². The summed E-state index contributed by atoms with van der Waals surface area (Å²) in [6, 6.07) is 1.63. The molecular weight excluding hydrogens is 258 g/mol. The summed E-state index contributed by atoms with van der Waals surface area (Å²) in [4.78, 5) is 3.79. The lowest BCUT2D eigenvalue weighted by Gasteiger charge is -2.14. The van der Waals surface area contributed by atoms with E-state index in [1.165, 1.54) is 6.20 Å². The van der Waals surface area contributed by atoms with Crippen LogP contribution in [-0.4, -0.2) is 29.2 Å². The van der Waals surface area contributed by atoms with E-state index in [1.54, 1.807) is 12.3 Å². The molecule has 0 aliphatic rings. The average molecular weight is 267 g/mol. The fourth-order valence-electron chi connectivity index (χ4n) is 0.796.